The van der Waals surface area contributed by atoms with E-state index in [4.69, 9.17) is 5.73 Å². The van der Waals surface area contributed by atoms with Gasteiger partial charge in [-0.1, -0.05) is 6.42 Å². The maximum absolute atomic E-state index is 5.65. The molecule has 1 heterocycles. The van der Waals surface area contributed by atoms with Crippen LogP contribution in [-0.2, 0) is 0 Å². The summed E-state index contributed by atoms with van der Waals surface area (Å²) in [7, 11) is 0. The summed E-state index contributed by atoms with van der Waals surface area (Å²) < 4.78 is 0. The van der Waals surface area contributed by atoms with Crippen molar-refractivity contribution in [2.45, 2.75) is 38.0 Å². The van der Waals surface area contributed by atoms with Crippen LogP contribution in [0.2, 0.25) is 0 Å². The van der Waals surface area contributed by atoms with Gasteiger partial charge in [0.2, 0.25) is 0 Å². The van der Waals surface area contributed by atoms with E-state index in [1.807, 2.05) is 6.07 Å². The van der Waals surface area contributed by atoms with E-state index in [0.717, 1.165) is 17.2 Å². The average Bonchev–Trinajstić information content (AvgIpc) is 2.29. The molecule has 0 bridgehead atoms. The van der Waals surface area contributed by atoms with Gasteiger partial charge in [-0.3, -0.25) is 0 Å². The van der Waals surface area contributed by atoms with E-state index >= 15 is 0 Å². The normalized spacial score (nSPS) is 25.5. The molecule has 2 nitrogen and oxygen atoms in total. The maximum Gasteiger partial charge on any atom is 0.100 e. The Labute approximate surface area is 78.5 Å². The predicted octanol–water partition coefficient (Wildman–Crippen LogP) is 2.64. The van der Waals surface area contributed by atoms with Gasteiger partial charge in [0, 0.05) is 11.6 Å². The predicted molar refractivity (Wildman–Crippen MR) is 53.5 cm³/mol. The van der Waals surface area contributed by atoms with Crippen molar-refractivity contribution in [1.82, 2.24) is 4.98 Å². The highest BCUT2D eigenvalue weighted by atomic mass is 14.9. The van der Waals surface area contributed by atoms with Gasteiger partial charge >= 0.3 is 0 Å². The van der Waals surface area contributed by atoms with Crippen molar-refractivity contribution < 1.29 is 0 Å². The Morgan fingerprint density at radius 1 is 1.31 bits per heavy atom. The molecule has 0 radical (unpaired) electrons. The summed E-state index contributed by atoms with van der Waals surface area (Å²) >= 11 is 0. The molecule has 0 aromatic carbocycles. The highest BCUT2D eigenvalue weighted by Crippen LogP contribution is 2.61. The van der Waals surface area contributed by atoms with Crippen LogP contribution in [0.4, 0.5) is 5.82 Å². The lowest BCUT2D eigenvalue weighted by molar-refractivity contribution is 0.00780. The monoisotopic (exact) mass is 176 g/mol. The Kier molecular flexibility index (Phi) is 1.33. The van der Waals surface area contributed by atoms with Crippen LogP contribution in [0.25, 0.3) is 0 Å². The van der Waals surface area contributed by atoms with Crippen LogP contribution >= 0.6 is 0 Å². The van der Waals surface area contributed by atoms with E-state index in [2.05, 4.69) is 11.1 Å². The number of anilines is 1. The van der Waals surface area contributed by atoms with Crippen molar-refractivity contribution in [3.05, 3.63) is 17.8 Å². The lowest BCUT2D eigenvalue weighted by Gasteiger charge is -2.54. The van der Waals surface area contributed by atoms with Crippen LogP contribution in [0, 0.1) is 5.41 Å². The number of hydrogen-bond acceptors (Lipinski definition) is 1. The average molecular weight is 176 g/mol. The highest BCUT2D eigenvalue weighted by Gasteiger charge is 2.48. The van der Waals surface area contributed by atoms with Gasteiger partial charge in [-0.25, -0.2) is 0 Å². The molecule has 2 aliphatic rings. The summed E-state index contributed by atoms with van der Waals surface area (Å²) in [5.41, 5.74) is 7.78. The van der Waals surface area contributed by atoms with Gasteiger partial charge in [-0.05, 0) is 43.2 Å². The van der Waals surface area contributed by atoms with Crippen molar-refractivity contribution in [1.29, 1.82) is 0 Å². The molecule has 0 saturated heterocycles. The number of aromatic nitrogens is 1. The summed E-state index contributed by atoms with van der Waals surface area (Å²) in [6.45, 7) is 0. The largest absolute Gasteiger partial charge is 0.385 e. The Morgan fingerprint density at radius 3 is 2.54 bits per heavy atom. The first-order valence-electron chi connectivity index (χ1n) is 5.22. The molecule has 0 amide bonds. The Bertz CT molecular complexity index is 315. The molecule has 3 rings (SSSR count). The molecule has 1 aromatic rings. The van der Waals surface area contributed by atoms with Crippen LogP contribution < -0.4 is 5.73 Å². The van der Waals surface area contributed by atoms with Crippen molar-refractivity contribution in [3.63, 3.8) is 0 Å². The van der Waals surface area contributed by atoms with Crippen LogP contribution in [0.3, 0.4) is 0 Å². The van der Waals surface area contributed by atoms with Crippen LogP contribution in [0.1, 0.15) is 43.7 Å². The third-order valence-electron chi connectivity index (χ3n) is 3.94. The number of nitrogens with two attached hydrogens (primary N) is 1. The zero-order chi connectivity index (χ0) is 8.89. The molecule has 13 heavy (non-hydrogen) atoms. The lowest BCUT2D eigenvalue weighted by atomic mass is 9.51. The molecule has 0 aliphatic heterocycles. The lowest BCUT2D eigenvalue weighted by Crippen LogP contribution is -2.41. The third kappa shape index (κ3) is 1.01. The Hall–Kier alpha value is -0.920. The first kappa shape index (κ1) is 7.48. The second kappa shape index (κ2) is 2.31. The molecule has 70 valence electrons. The zero-order valence-corrected chi connectivity index (χ0v) is 7.84. The quantitative estimate of drug-likeness (QED) is 0.678. The molecule has 2 heteroatoms. The summed E-state index contributed by atoms with van der Waals surface area (Å²) in [6, 6.07) is 4.12. The van der Waals surface area contributed by atoms with Gasteiger partial charge in [0.25, 0.3) is 0 Å². The van der Waals surface area contributed by atoms with Gasteiger partial charge in [0.15, 0.2) is 0 Å². The minimum absolute atomic E-state index is 0.768. The molecule has 3 N–H and O–H groups in total. The third-order valence-corrected chi connectivity index (χ3v) is 3.94. The fraction of sp³-hybridized carbons (Fsp3) is 0.636. The smallest absolute Gasteiger partial charge is 0.100 e. The van der Waals surface area contributed by atoms with E-state index in [9.17, 15) is 0 Å². The number of hydrogen-bond donors (Lipinski definition) is 2. The molecule has 2 fully saturated rings. The maximum atomic E-state index is 5.65. The minimum Gasteiger partial charge on any atom is -0.385 e. The molecular weight excluding hydrogens is 160 g/mol. The van der Waals surface area contributed by atoms with Gasteiger partial charge in [0.1, 0.15) is 5.82 Å². The molecule has 1 spiro atoms. The number of rotatable bonds is 1. The van der Waals surface area contributed by atoms with Crippen LogP contribution in [-0.4, -0.2) is 4.98 Å². The van der Waals surface area contributed by atoms with E-state index in [1.54, 1.807) is 0 Å². The van der Waals surface area contributed by atoms with Gasteiger partial charge in [-0.15, -0.1) is 0 Å². The summed E-state index contributed by atoms with van der Waals surface area (Å²) in [4.78, 5) is 3.24. The second-order valence-corrected chi connectivity index (χ2v) is 4.83. The van der Waals surface area contributed by atoms with E-state index < -0.39 is 0 Å². The molecule has 2 saturated carbocycles. The first-order valence-corrected chi connectivity index (χ1v) is 5.22. The molecule has 2 aliphatic carbocycles. The van der Waals surface area contributed by atoms with E-state index in [1.165, 1.54) is 37.8 Å². The summed E-state index contributed by atoms with van der Waals surface area (Å²) in [5, 5.41) is 0. The highest BCUT2D eigenvalue weighted by molar-refractivity contribution is 5.34. The number of nitrogen functional groups attached to an aromatic ring is 1. The van der Waals surface area contributed by atoms with Crippen molar-refractivity contribution in [2.75, 3.05) is 5.73 Å². The molecule has 0 unspecified atom stereocenters. The van der Waals surface area contributed by atoms with Gasteiger partial charge in [-0.2, -0.15) is 0 Å². The fourth-order valence-corrected chi connectivity index (χ4v) is 2.96. The number of H-pyrrole nitrogens is 1. The number of aromatic amines is 1. The minimum atomic E-state index is 0.768. The summed E-state index contributed by atoms with van der Waals surface area (Å²) in [5.74, 6) is 1.59. The van der Waals surface area contributed by atoms with Crippen molar-refractivity contribution >= 4 is 5.82 Å². The first-order chi connectivity index (χ1) is 6.27. The number of nitrogens with one attached hydrogen (secondary N) is 1. The van der Waals surface area contributed by atoms with Crippen LogP contribution in [0.5, 0.6) is 0 Å². The van der Waals surface area contributed by atoms with E-state index in [-0.39, 0.29) is 0 Å². The Balaban J connectivity index is 1.70. The molecule has 1 aromatic heterocycles. The summed E-state index contributed by atoms with van der Waals surface area (Å²) in [6.07, 6.45) is 7.19. The molecular formula is C11H16N2. The standard InChI is InChI=1S/C11H16N2/c12-10-3-2-9(13-10)8-6-11(7-8)4-1-5-11/h2-3,8,13H,1,4-7,12H2. The SMILES string of the molecule is Nc1ccc(C2CC3(CCC3)C2)[nH]1. The molecule has 0 atom stereocenters. The van der Waals surface area contributed by atoms with Crippen molar-refractivity contribution in [2.24, 2.45) is 5.41 Å². The van der Waals surface area contributed by atoms with Crippen LogP contribution in [0.15, 0.2) is 12.1 Å². The van der Waals surface area contributed by atoms with Gasteiger partial charge in [0.05, 0.1) is 0 Å². The zero-order valence-electron chi connectivity index (χ0n) is 7.84. The van der Waals surface area contributed by atoms with Crippen molar-refractivity contribution in [3.8, 4) is 0 Å². The van der Waals surface area contributed by atoms with E-state index in [0.29, 0.717) is 0 Å². The van der Waals surface area contributed by atoms with Gasteiger partial charge < -0.3 is 10.7 Å². The fourth-order valence-electron chi connectivity index (χ4n) is 2.96. The Morgan fingerprint density at radius 2 is 2.08 bits per heavy atom. The second-order valence-electron chi connectivity index (χ2n) is 4.83. The topological polar surface area (TPSA) is 41.8 Å².